The lowest BCUT2D eigenvalue weighted by atomic mass is 10.1. The number of rotatable bonds is 9. The molecule has 4 atom stereocenters. The number of aliphatic hydroxyl groups excluding tert-OH is 1. The SMILES string of the molecule is CS(=O)(=O)O[C@@H]1[C@@H](OCc2ccccc2)[C@@H](COCc2ccccc2)O[C@@H]1O. The molecule has 0 amide bonds. The van der Waals surface area contributed by atoms with Crippen molar-refractivity contribution in [1.29, 1.82) is 0 Å². The van der Waals surface area contributed by atoms with E-state index in [0.717, 1.165) is 17.4 Å². The highest BCUT2D eigenvalue weighted by Gasteiger charge is 2.47. The molecule has 0 spiro atoms. The van der Waals surface area contributed by atoms with E-state index in [1.165, 1.54) is 0 Å². The maximum absolute atomic E-state index is 11.6. The lowest BCUT2D eigenvalue weighted by Crippen LogP contribution is -2.40. The number of hydrogen-bond acceptors (Lipinski definition) is 7. The molecule has 0 radical (unpaired) electrons. The van der Waals surface area contributed by atoms with Crippen molar-refractivity contribution >= 4 is 10.1 Å². The van der Waals surface area contributed by atoms with Gasteiger partial charge in [0.05, 0.1) is 26.1 Å². The molecule has 1 fully saturated rings. The van der Waals surface area contributed by atoms with Crippen molar-refractivity contribution in [1.82, 2.24) is 0 Å². The normalized spacial score (nSPS) is 25.1. The van der Waals surface area contributed by atoms with E-state index in [-0.39, 0.29) is 13.2 Å². The van der Waals surface area contributed by atoms with Gasteiger partial charge in [-0.25, -0.2) is 0 Å². The molecule has 3 rings (SSSR count). The summed E-state index contributed by atoms with van der Waals surface area (Å²) in [5.74, 6) is 0. The van der Waals surface area contributed by atoms with Crippen LogP contribution in [0.1, 0.15) is 11.1 Å². The predicted octanol–water partition coefficient (Wildman–Crippen LogP) is 1.85. The molecule has 0 unspecified atom stereocenters. The fraction of sp³-hybridized carbons (Fsp3) is 0.400. The molecule has 1 N–H and O–H groups in total. The Labute approximate surface area is 164 Å². The van der Waals surface area contributed by atoms with Crippen LogP contribution in [0.5, 0.6) is 0 Å². The van der Waals surface area contributed by atoms with E-state index in [1.54, 1.807) is 0 Å². The molecule has 1 heterocycles. The summed E-state index contributed by atoms with van der Waals surface area (Å²) in [4.78, 5) is 0. The van der Waals surface area contributed by atoms with Crippen LogP contribution in [-0.4, -0.2) is 51.0 Å². The highest BCUT2D eigenvalue weighted by atomic mass is 32.2. The average molecular weight is 408 g/mol. The standard InChI is InChI=1S/C20H24O7S/c1-28(22,23)27-19-18(25-13-16-10-6-3-7-11-16)17(26-20(19)21)14-24-12-15-8-4-2-5-9-15/h2-11,17-21H,12-14H2,1H3/t17-,18+,19-,20+/m1/s1. The Hall–Kier alpha value is -1.81. The molecular formula is C20H24O7S. The molecule has 0 saturated carbocycles. The van der Waals surface area contributed by atoms with Gasteiger partial charge in [-0.15, -0.1) is 0 Å². The molecule has 0 aromatic heterocycles. The van der Waals surface area contributed by atoms with Gasteiger partial charge in [-0.3, -0.25) is 4.18 Å². The van der Waals surface area contributed by atoms with Crippen molar-refractivity contribution in [2.45, 2.75) is 37.8 Å². The van der Waals surface area contributed by atoms with Crippen molar-refractivity contribution in [2.75, 3.05) is 12.9 Å². The van der Waals surface area contributed by atoms with Crippen molar-refractivity contribution in [2.24, 2.45) is 0 Å². The van der Waals surface area contributed by atoms with Gasteiger partial charge >= 0.3 is 0 Å². The molecule has 1 aliphatic rings. The second kappa shape index (κ2) is 9.60. The van der Waals surface area contributed by atoms with E-state index < -0.39 is 34.7 Å². The first-order chi connectivity index (χ1) is 13.4. The molecule has 28 heavy (non-hydrogen) atoms. The molecule has 2 aromatic rings. The zero-order chi connectivity index (χ0) is 20.0. The van der Waals surface area contributed by atoms with Crippen LogP contribution in [0.2, 0.25) is 0 Å². The summed E-state index contributed by atoms with van der Waals surface area (Å²) >= 11 is 0. The van der Waals surface area contributed by atoms with E-state index in [4.69, 9.17) is 18.4 Å². The molecule has 2 aromatic carbocycles. The summed E-state index contributed by atoms with van der Waals surface area (Å²) in [5, 5.41) is 10.2. The molecule has 152 valence electrons. The minimum atomic E-state index is -3.80. The third-order valence-corrected chi connectivity index (χ3v) is 4.82. The van der Waals surface area contributed by atoms with Crippen LogP contribution in [0.25, 0.3) is 0 Å². The summed E-state index contributed by atoms with van der Waals surface area (Å²) in [6.07, 6.45) is -3.15. The van der Waals surface area contributed by atoms with Gasteiger partial charge in [-0.2, -0.15) is 8.42 Å². The van der Waals surface area contributed by atoms with Crippen LogP contribution in [-0.2, 0) is 41.7 Å². The van der Waals surface area contributed by atoms with Gasteiger partial charge in [0.1, 0.15) is 12.2 Å². The molecule has 7 nitrogen and oxygen atoms in total. The van der Waals surface area contributed by atoms with Crippen LogP contribution < -0.4 is 0 Å². The monoisotopic (exact) mass is 408 g/mol. The van der Waals surface area contributed by atoms with Crippen LogP contribution in [0, 0.1) is 0 Å². The average Bonchev–Trinajstić information content (AvgIpc) is 2.95. The van der Waals surface area contributed by atoms with Gasteiger partial charge in [0.2, 0.25) is 0 Å². The zero-order valence-electron chi connectivity index (χ0n) is 15.5. The Balaban J connectivity index is 1.65. The third kappa shape index (κ3) is 6.10. The van der Waals surface area contributed by atoms with E-state index in [1.807, 2.05) is 60.7 Å². The summed E-state index contributed by atoms with van der Waals surface area (Å²) in [7, 11) is -3.80. The molecular weight excluding hydrogens is 384 g/mol. The number of benzene rings is 2. The van der Waals surface area contributed by atoms with Gasteiger partial charge in [0, 0.05) is 0 Å². The van der Waals surface area contributed by atoms with Crippen molar-refractivity contribution in [3.8, 4) is 0 Å². The Morgan fingerprint density at radius 1 is 0.929 bits per heavy atom. The van der Waals surface area contributed by atoms with Crippen molar-refractivity contribution in [3.05, 3.63) is 71.8 Å². The smallest absolute Gasteiger partial charge is 0.264 e. The Morgan fingerprint density at radius 3 is 2.07 bits per heavy atom. The van der Waals surface area contributed by atoms with Gasteiger partial charge in [-0.1, -0.05) is 60.7 Å². The number of ether oxygens (including phenoxy) is 3. The van der Waals surface area contributed by atoms with Crippen LogP contribution in [0.15, 0.2) is 60.7 Å². The van der Waals surface area contributed by atoms with Crippen LogP contribution in [0.3, 0.4) is 0 Å². The maximum Gasteiger partial charge on any atom is 0.264 e. The second-order valence-corrected chi connectivity index (χ2v) is 8.19. The lowest BCUT2D eigenvalue weighted by molar-refractivity contribution is -0.133. The number of hydrogen-bond donors (Lipinski definition) is 1. The highest BCUT2D eigenvalue weighted by molar-refractivity contribution is 7.86. The van der Waals surface area contributed by atoms with Crippen LogP contribution >= 0.6 is 0 Å². The van der Waals surface area contributed by atoms with E-state index in [9.17, 15) is 13.5 Å². The Morgan fingerprint density at radius 2 is 1.50 bits per heavy atom. The highest BCUT2D eigenvalue weighted by Crippen LogP contribution is 2.28. The fourth-order valence-electron chi connectivity index (χ4n) is 2.98. The van der Waals surface area contributed by atoms with E-state index >= 15 is 0 Å². The fourth-order valence-corrected chi connectivity index (χ4v) is 3.59. The summed E-state index contributed by atoms with van der Waals surface area (Å²) in [5.41, 5.74) is 1.90. The van der Waals surface area contributed by atoms with Crippen molar-refractivity contribution in [3.63, 3.8) is 0 Å². The number of aliphatic hydroxyl groups is 1. The predicted molar refractivity (Wildman–Crippen MR) is 102 cm³/mol. The first kappa shape index (κ1) is 20.9. The zero-order valence-corrected chi connectivity index (χ0v) is 16.3. The van der Waals surface area contributed by atoms with Gasteiger partial charge < -0.3 is 19.3 Å². The summed E-state index contributed by atoms with van der Waals surface area (Å²) in [6.45, 7) is 0.704. The topological polar surface area (TPSA) is 91.3 Å². The summed E-state index contributed by atoms with van der Waals surface area (Å²) in [6, 6.07) is 19.0. The van der Waals surface area contributed by atoms with Gasteiger partial charge in [0.15, 0.2) is 12.4 Å². The molecule has 1 saturated heterocycles. The van der Waals surface area contributed by atoms with E-state index in [2.05, 4.69) is 0 Å². The molecule has 0 aliphatic carbocycles. The molecule has 8 heteroatoms. The van der Waals surface area contributed by atoms with Gasteiger partial charge in [0.25, 0.3) is 10.1 Å². The largest absolute Gasteiger partial charge is 0.374 e. The first-order valence-corrected chi connectivity index (χ1v) is 10.7. The van der Waals surface area contributed by atoms with Crippen LogP contribution in [0.4, 0.5) is 0 Å². The maximum atomic E-state index is 11.6. The van der Waals surface area contributed by atoms with Crippen molar-refractivity contribution < 1.29 is 31.9 Å². The quantitative estimate of drug-likeness (QED) is 0.633. The summed E-state index contributed by atoms with van der Waals surface area (Å²) < 4.78 is 45.2. The first-order valence-electron chi connectivity index (χ1n) is 8.91. The third-order valence-electron chi connectivity index (χ3n) is 4.25. The Kier molecular flexibility index (Phi) is 7.17. The minimum absolute atomic E-state index is 0.120. The molecule has 0 bridgehead atoms. The lowest BCUT2D eigenvalue weighted by Gasteiger charge is -2.23. The minimum Gasteiger partial charge on any atom is -0.374 e. The van der Waals surface area contributed by atoms with Gasteiger partial charge in [-0.05, 0) is 11.1 Å². The second-order valence-electron chi connectivity index (χ2n) is 6.59. The molecule has 1 aliphatic heterocycles. The van der Waals surface area contributed by atoms with E-state index in [0.29, 0.717) is 6.61 Å². The Bertz CT molecular complexity index is 826.